The summed E-state index contributed by atoms with van der Waals surface area (Å²) in [7, 11) is 0. The van der Waals surface area contributed by atoms with Crippen LogP contribution in [0, 0.1) is 0 Å². The van der Waals surface area contributed by atoms with Crippen molar-refractivity contribution in [3.63, 3.8) is 0 Å². The van der Waals surface area contributed by atoms with Crippen LogP contribution < -0.4 is 5.56 Å². The summed E-state index contributed by atoms with van der Waals surface area (Å²) in [5.41, 5.74) is 4.09. The summed E-state index contributed by atoms with van der Waals surface area (Å²) in [5, 5.41) is 10.3. The molecule has 6 heteroatoms. The largest absolute Gasteiger partial charge is 0.272 e. The standard InChI is InChI=1S/C25H20N4OS/c1-2-18-12-14-20(15-13-18)17-31-25-27-26-24-28(16-19-8-4-3-5-9-19)23(30)21-10-6-7-11-22(21)29(24)25/h2-15H,1,16-17H2. The molecule has 31 heavy (non-hydrogen) atoms. The number of benzene rings is 3. The molecule has 0 aliphatic carbocycles. The Labute approximate surface area is 183 Å². The second-order valence-corrected chi connectivity index (χ2v) is 8.19. The molecular formula is C25H20N4OS. The molecule has 0 saturated heterocycles. The van der Waals surface area contributed by atoms with Gasteiger partial charge in [-0.1, -0.05) is 91.1 Å². The van der Waals surface area contributed by atoms with Gasteiger partial charge in [0.05, 0.1) is 17.4 Å². The molecule has 0 bridgehead atoms. The van der Waals surface area contributed by atoms with Crippen LogP contribution in [-0.2, 0) is 12.3 Å². The van der Waals surface area contributed by atoms with Crippen LogP contribution in [0.15, 0.2) is 95.4 Å². The molecule has 0 amide bonds. The lowest BCUT2D eigenvalue weighted by atomic mass is 10.1. The van der Waals surface area contributed by atoms with E-state index in [1.54, 1.807) is 16.3 Å². The van der Waals surface area contributed by atoms with Crippen molar-refractivity contribution >= 4 is 34.5 Å². The van der Waals surface area contributed by atoms with Gasteiger partial charge in [0.1, 0.15) is 0 Å². The molecule has 5 nitrogen and oxygen atoms in total. The van der Waals surface area contributed by atoms with E-state index in [1.807, 2.05) is 65.1 Å². The Morgan fingerprint density at radius 2 is 1.61 bits per heavy atom. The van der Waals surface area contributed by atoms with Crippen LogP contribution in [0.25, 0.3) is 22.8 Å². The number of hydrogen-bond acceptors (Lipinski definition) is 4. The molecule has 0 N–H and O–H groups in total. The molecule has 152 valence electrons. The smallest absolute Gasteiger partial charge is 0.263 e. The molecule has 2 aromatic heterocycles. The minimum atomic E-state index is -0.0593. The summed E-state index contributed by atoms with van der Waals surface area (Å²) < 4.78 is 3.69. The third-order valence-corrected chi connectivity index (χ3v) is 6.25. The Morgan fingerprint density at radius 1 is 0.871 bits per heavy atom. The van der Waals surface area contributed by atoms with Crippen LogP contribution in [0.2, 0.25) is 0 Å². The molecule has 0 unspecified atom stereocenters. The molecule has 0 spiro atoms. The quantitative estimate of drug-likeness (QED) is 0.359. The fourth-order valence-corrected chi connectivity index (χ4v) is 4.53. The highest BCUT2D eigenvalue weighted by atomic mass is 32.2. The second kappa shape index (κ2) is 8.24. The monoisotopic (exact) mass is 424 g/mol. The number of rotatable bonds is 6. The van der Waals surface area contributed by atoms with Gasteiger partial charge in [-0.25, -0.2) is 0 Å². The van der Waals surface area contributed by atoms with Gasteiger partial charge in [-0.2, -0.15) is 0 Å². The highest BCUT2D eigenvalue weighted by Gasteiger charge is 2.17. The first-order valence-corrected chi connectivity index (χ1v) is 11.0. The highest BCUT2D eigenvalue weighted by Crippen LogP contribution is 2.25. The van der Waals surface area contributed by atoms with E-state index in [9.17, 15) is 4.79 Å². The topological polar surface area (TPSA) is 52.2 Å². The van der Waals surface area contributed by atoms with E-state index in [0.29, 0.717) is 17.7 Å². The lowest BCUT2D eigenvalue weighted by molar-refractivity contribution is 0.764. The van der Waals surface area contributed by atoms with Crippen molar-refractivity contribution in [1.82, 2.24) is 19.2 Å². The molecule has 5 rings (SSSR count). The number of para-hydroxylation sites is 1. The molecule has 5 aromatic rings. The summed E-state index contributed by atoms with van der Waals surface area (Å²) in [6, 6.07) is 25.9. The minimum absolute atomic E-state index is 0.0593. The van der Waals surface area contributed by atoms with Gasteiger partial charge in [-0.05, 0) is 28.8 Å². The highest BCUT2D eigenvalue weighted by molar-refractivity contribution is 7.98. The third kappa shape index (κ3) is 3.66. The molecule has 0 fully saturated rings. The lowest BCUT2D eigenvalue weighted by Gasteiger charge is -2.11. The number of hydrogen-bond donors (Lipinski definition) is 0. The van der Waals surface area contributed by atoms with Gasteiger partial charge in [-0.15, -0.1) is 10.2 Å². The predicted molar refractivity (Wildman–Crippen MR) is 126 cm³/mol. The summed E-state index contributed by atoms with van der Waals surface area (Å²) >= 11 is 1.61. The predicted octanol–water partition coefficient (Wildman–Crippen LogP) is 5.03. The zero-order valence-electron chi connectivity index (χ0n) is 16.8. The van der Waals surface area contributed by atoms with E-state index in [1.165, 1.54) is 5.56 Å². The van der Waals surface area contributed by atoms with Crippen molar-refractivity contribution in [2.45, 2.75) is 17.5 Å². The first kappa shape index (κ1) is 19.3. The van der Waals surface area contributed by atoms with E-state index in [0.717, 1.165) is 27.6 Å². The van der Waals surface area contributed by atoms with Gasteiger partial charge in [0.2, 0.25) is 5.78 Å². The Morgan fingerprint density at radius 3 is 2.39 bits per heavy atom. The molecule has 3 aromatic carbocycles. The van der Waals surface area contributed by atoms with Gasteiger partial charge in [0, 0.05) is 5.75 Å². The lowest BCUT2D eigenvalue weighted by Crippen LogP contribution is -2.24. The van der Waals surface area contributed by atoms with Crippen molar-refractivity contribution in [2.24, 2.45) is 0 Å². The maximum absolute atomic E-state index is 13.3. The van der Waals surface area contributed by atoms with Gasteiger partial charge < -0.3 is 0 Å². The van der Waals surface area contributed by atoms with Crippen molar-refractivity contribution in [3.8, 4) is 0 Å². The van der Waals surface area contributed by atoms with Crippen molar-refractivity contribution in [1.29, 1.82) is 0 Å². The van der Waals surface area contributed by atoms with E-state index < -0.39 is 0 Å². The van der Waals surface area contributed by atoms with Gasteiger partial charge in [-0.3, -0.25) is 13.8 Å². The van der Waals surface area contributed by atoms with Crippen LogP contribution >= 0.6 is 11.8 Å². The molecule has 0 radical (unpaired) electrons. The summed E-state index contributed by atoms with van der Waals surface area (Å²) in [6.45, 7) is 4.25. The molecule has 0 atom stereocenters. The molecule has 0 aliphatic heterocycles. The van der Waals surface area contributed by atoms with Crippen molar-refractivity contribution in [3.05, 3.63) is 112 Å². The number of aromatic nitrogens is 4. The van der Waals surface area contributed by atoms with Gasteiger partial charge in [0.25, 0.3) is 5.56 Å². The van der Waals surface area contributed by atoms with Crippen molar-refractivity contribution in [2.75, 3.05) is 0 Å². The summed E-state index contributed by atoms with van der Waals surface area (Å²) in [5.74, 6) is 1.31. The Balaban J connectivity index is 1.60. The summed E-state index contributed by atoms with van der Waals surface area (Å²) in [4.78, 5) is 13.3. The van der Waals surface area contributed by atoms with Crippen LogP contribution in [-0.4, -0.2) is 19.2 Å². The molecular weight excluding hydrogens is 404 g/mol. The van der Waals surface area contributed by atoms with Crippen LogP contribution in [0.3, 0.4) is 0 Å². The maximum atomic E-state index is 13.3. The normalized spacial score (nSPS) is 11.2. The Hall–Kier alpha value is -3.64. The number of fused-ring (bicyclic) bond motifs is 3. The average Bonchev–Trinajstić information content (AvgIpc) is 3.25. The SMILES string of the molecule is C=Cc1ccc(CSc2nnc3n(Cc4ccccc4)c(=O)c4ccccc4n23)cc1. The molecule has 2 heterocycles. The van der Waals surface area contributed by atoms with E-state index >= 15 is 0 Å². The van der Waals surface area contributed by atoms with E-state index in [-0.39, 0.29) is 5.56 Å². The maximum Gasteiger partial charge on any atom is 0.263 e. The van der Waals surface area contributed by atoms with Gasteiger partial charge in [0.15, 0.2) is 5.16 Å². The molecule has 0 saturated carbocycles. The van der Waals surface area contributed by atoms with E-state index in [2.05, 4.69) is 41.0 Å². The molecule has 0 aliphatic rings. The fourth-order valence-electron chi connectivity index (χ4n) is 3.63. The van der Waals surface area contributed by atoms with Crippen LogP contribution in [0.5, 0.6) is 0 Å². The summed E-state index contributed by atoms with van der Waals surface area (Å²) in [6.07, 6.45) is 1.83. The zero-order chi connectivity index (χ0) is 21.2. The average molecular weight is 425 g/mol. The second-order valence-electron chi connectivity index (χ2n) is 7.25. The first-order valence-electron chi connectivity index (χ1n) is 9.99. The number of nitrogens with zero attached hydrogens (tertiary/aromatic N) is 4. The number of thioether (sulfide) groups is 1. The zero-order valence-corrected chi connectivity index (χ0v) is 17.6. The minimum Gasteiger partial charge on any atom is -0.272 e. The Bertz CT molecular complexity index is 1440. The van der Waals surface area contributed by atoms with Gasteiger partial charge >= 0.3 is 0 Å². The Kier molecular flexibility index (Phi) is 5.14. The fraction of sp³-hybridized carbons (Fsp3) is 0.0800. The van der Waals surface area contributed by atoms with Crippen molar-refractivity contribution < 1.29 is 0 Å². The first-order chi connectivity index (χ1) is 15.2. The van der Waals surface area contributed by atoms with Crippen LogP contribution in [0.1, 0.15) is 16.7 Å². The van der Waals surface area contributed by atoms with Crippen LogP contribution in [0.4, 0.5) is 0 Å². The third-order valence-electron chi connectivity index (χ3n) is 5.25. The van der Waals surface area contributed by atoms with E-state index in [4.69, 9.17) is 0 Å².